The number of benzene rings is 1. The molecule has 1 saturated heterocycles. The first-order chi connectivity index (χ1) is 9.56. The van der Waals surface area contributed by atoms with Crippen LogP contribution in [-0.2, 0) is 0 Å². The first-order valence-corrected chi connectivity index (χ1v) is 7.84. The Hall–Kier alpha value is -1.06. The Morgan fingerprint density at radius 1 is 1.20 bits per heavy atom. The summed E-state index contributed by atoms with van der Waals surface area (Å²) in [6.07, 6.45) is 4.05. The molecule has 2 rings (SSSR count). The molecular formula is C17H28N2O. The smallest absolute Gasteiger partial charge is 0.120 e. The Kier molecular flexibility index (Phi) is 5.44. The topological polar surface area (TPSA) is 35.5 Å². The number of piperidine rings is 1. The van der Waals surface area contributed by atoms with Gasteiger partial charge < -0.3 is 15.3 Å². The number of hydrogen-bond donors (Lipinski definition) is 2. The summed E-state index contributed by atoms with van der Waals surface area (Å²) in [4.78, 5) is 2.54. The number of aryl methyl sites for hydroxylation is 1. The second-order valence-electron chi connectivity index (χ2n) is 6.21. The van der Waals surface area contributed by atoms with E-state index < -0.39 is 0 Å². The number of nitrogens with one attached hydrogen (secondary N) is 1. The molecule has 3 heteroatoms. The van der Waals surface area contributed by atoms with Gasteiger partial charge in [-0.25, -0.2) is 0 Å². The average molecular weight is 276 g/mol. The molecule has 20 heavy (non-hydrogen) atoms. The molecule has 0 radical (unpaired) electrons. The molecule has 112 valence electrons. The van der Waals surface area contributed by atoms with Crippen LogP contribution in [0.25, 0.3) is 0 Å². The van der Waals surface area contributed by atoms with Crippen LogP contribution in [0.5, 0.6) is 5.75 Å². The second kappa shape index (κ2) is 7.09. The zero-order valence-corrected chi connectivity index (χ0v) is 13.0. The lowest BCUT2D eigenvalue weighted by Gasteiger charge is -2.31. The van der Waals surface area contributed by atoms with E-state index in [-0.39, 0.29) is 6.04 Å². The number of aromatic hydroxyl groups is 1. The Labute approximate surface area is 123 Å². The van der Waals surface area contributed by atoms with Crippen molar-refractivity contribution < 1.29 is 5.11 Å². The minimum atomic E-state index is 0.176. The van der Waals surface area contributed by atoms with Crippen LogP contribution in [0.4, 0.5) is 0 Å². The Morgan fingerprint density at radius 2 is 1.90 bits per heavy atom. The molecule has 0 aliphatic carbocycles. The third-order valence-corrected chi connectivity index (χ3v) is 4.17. The van der Waals surface area contributed by atoms with E-state index in [1.54, 1.807) is 0 Å². The summed E-state index contributed by atoms with van der Waals surface area (Å²) in [5.74, 6) is 0.398. The van der Waals surface area contributed by atoms with Crippen molar-refractivity contribution in [2.45, 2.75) is 52.1 Å². The highest BCUT2D eigenvalue weighted by Crippen LogP contribution is 2.25. The monoisotopic (exact) mass is 276 g/mol. The van der Waals surface area contributed by atoms with E-state index in [9.17, 15) is 5.11 Å². The summed E-state index contributed by atoms with van der Waals surface area (Å²) in [6.45, 7) is 9.91. The fraction of sp³-hybridized carbons (Fsp3) is 0.647. The highest BCUT2D eigenvalue weighted by molar-refractivity contribution is 5.37. The molecule has 3 nitrogen and oxygen atoms in total. The van der Waals surface area contributed by atoms with E-state index in [0.29, 0.717) is 11.8 Å². The Morgan fingerprint density at radius 3 is 2.55 bits per heavy atom. The van der Waals surface area contributed by atoms with Crippen molar-refractivity contribution in [1.82, 2.24) is 10.2 Å². The van der Waals surface area contributed by atoms with Crippen LogP contribution in [0, 0.1) is 6.92 Å². The van der Waals surface area contributed by atoms with Gasteiger partial charge in [0.1, 0.15) is 5.75 Å². The maximum atomic E-state index is 10.0. The van der Waals surface area contributed by atoms with Crippen LogP contribution in [0.2, 0.25) is 0 Å². The zero-order valence-electron chi connectivity index (χ0n) is 13.0. The van der Waals surface area contributed by atoms with E-state index >= 15 is 0 Å². The largest absolute Gasteiger partial charge is 0.508 e. The lowest BCUT2D eigenvalue weighted by atomic mass is 10.0. The molecule has 2 N–H and O–H groups in total. The molecule has 2 atom stereocenters. The fourth-order valence-corrected chi connectivity index (χ4v) is 3.12. The van der Waals surface area contributed by atoms with Crippen molar-refractivity contribution in [2.75, 3.05) is 19.6 Å². The molecule has 1 aromatic carbocycles. The molecule has 1 heterocycles. The van der Waals surface area contributed by atoms with Crippen molar-refractivity contribution in [3.63, 3.8) is 0 Å². The third-order valence-electron chi connectivity index (χ3n) is 4.17. The number of hydrogen-bond acceptors (Lipinski definition) is 3. The summed E-state index contributed by atoms with van der Waals surface area (Å²) in [7, 11) is 0. The number of phenols is 1. The zero-order chi connectivity index (χ0) is 14.5. The number of phenolic OH excluding ortho intramolecular Hbond substituents is 1. The molecule has 1 aromatic rings. The average Bonchev–Trinajstić information content (AvgIpc) is 2.39. The standard InChI is InChI=1S/C17H28N2O/c1-13-7-8-16(17(20)11-13)15(3)18-14(2)12-19-9-5-4-6-10-19/h7-8,11,14-15,18,20H,4-6,9-10,12H2,1-3H3. The van der Waals surface area contributed by atoms with Gasteiger partial charge in [0.2, 0.25) is 0 Å². The van der Waals surface area contributed by atoms with Crippen LogP contribution in [0.15, 0.2) is 18.2 Å². The minimum absolute atomic E-state index is 0.176. The molecule has 1 aliphatic rings. The van der Waals surface area contributed by atoms with Gasteiger partial charge in [0.25, 0.3) is 0 Å². The summed E-state index contributed by atoms with van der Waals surface area (Å²) < 4.78 is 0. The molecule has 0 saturated carbocycles. The summed E-state index contributed by atoms with van der Waals surface area (Å²) in [6, 6.07) is 6.53. The highest BCUT2D eigenvalue weighted by Gasteiger charge is 2.16. The van der Waals surface area contributed by atoms with Crippen LogP contribution in [-0.4, -0.2) is 35.7 Å². The second-order valence-corrected chi connectivity index (χ2v) is 6.21. The molecule has 1 aliphatic heterocycles. The molecular weight excluding hydrogens is 248 g/mol. The van der Waals surface area contributed by atoms with Gasteiger partial charge in [-0.15, -0.1) is 0 Å². The van der Waals surface area contributed by atoms with Gasteiger partial charge in [-0.05, 0) is 58.3 Å². The van der Waals surface area contributed by atoms with Crippen LogP contribution >= 0.6 is 0 Å². The summed E-state index contributed by atoms with van der Waals surface area (Å²) in [5.41, 5.74) is 2.08. The fourth-order valence-electron chi connectivity index (χ4n) is 3.12. The third kappa shape index (κ3) is 4.22. The van der Waals surface area contributed by atoms with Gasteiger partial charge in [0.15, 0.2) is 0 Å². The summed E-state index contributed by atoms with van der Waals surface area (Å²) >= 11 is 0. The predicted octanol–water partition coefficient (Wildman–Crippen LogP) is 3.23. The van der Waals surface area contributed by atoms with E-state index in [1.807, 2.05) is 19.1 Å². The Balaban J connectivity index is 1.87. The van der Waals surface area contributed by atoms with Gasteiger partial charge in [0, 0.05) is 24.2 Å². The molecule has 0 spiro atoms. The van der Waals surface area contributed by atoms with E-state index in [0.717, 1.165) is 17.7 Å². The lowest BCUT2D eigenvalue weighted by Crippen LogP contribution is -2.42. The van der Waals surface area contributed by atoms with Crippen LogP contribution in [0.3, 0.4) is 0 Å². The first-order valence-electron chi connectivity index (χ1n) is 7.84. The number of rotatable bonds is 5. The van der Waals surface area contributed by atoms with Gasteiger partial charge in [-0.2, -0.15) is 0 Å². The van der Waals surface area contributed by atoms with Gasteiger partial charge >= 0.3 is 0 Å². The maximum Gasteiger partial charge on any atom is 0.120 e. The molecule has 1 fully saturated rings. The number of nitrogens with zero attached hydrogens (tertiary/aromatic N) is 1. The SMILES string of the molecule is Cc1ccc(C(C)NC(C)CN2CCCCC2)c(O)c1. The normalized spacial score (nSPS) is 19.8. The van der Waals surface area contributed by atoms with E-state index in [1.165, 1.54) is 32.4 Å². The van der Waals surface area contributed by atoms with Crippen molar-refractivity contribution in [3.05, 3.63) is 29.3 Å². The minimum Gasteiger partial charge on any atom is -0.508 e. The number of likely N-dealkylation sites (tertiary alicyclic amines) is 1. The predicted molar refractivity (Wildman–Crippen MR) is 84.1 cm³/mol. The van der Waals surface area contributed by atoms with E-state index in [2.05, 4.69) is 30.1 Å². The molecule has 0 aromatic heterocycles. The van der Waals surface area contributed by atoms with Crippen molar-refractivity contribution in [3.8, 4) is 5.75 Å². The first kappa shape index (κ1) is 15.3. The van der Waals surface area contributed by atoms with Gasteiger partial charge in [-0.3, -0.25) is 0 Å². The van der Waals surface area contributed by atoms with Crippen LogP contribution in [0.1, 0.15) is 50.3 Å². The van der Waals surface area contributed by atoms with Crippen molar-refractivity contribution in [1.29, 1.82) is 0 Å². The van der Waals surface area contributed by atoms with E-state index in [4.69, 9.17) is 0 Å². The van der Waals surface area contributed by atoms with Crippen LogP contribution < -0.4 is 5.32 Å². The van der Waals surface area contributed by atoms with Gasteiger partial charge in [-0.1, -0.05) is 18.6 Å². The molecule has 2 unspecified atom stereocenters. The molecule has 0 bridgehead atoms. The van der Waals surface area contributed by atoms with Crippen molar-refractivity contribution in [2.24, 2.45) is 0 Å². The Bertz CT molecular complexity index is 427. The maximum absolute atomic E-state index is 10.0. The highest BCUT2D eigenvalue weighted by atomic mass is 16.3. The lowest BCUT2D eigenvalue weighted by molar-refractivity contribution is 0.205. The van der Waals surface area contributed by atoms with Crippen molar-refractivity contribution >= 4 is 0 Å². The van der Waals surface area contributed by atoms with Gasteiger partial charge in [0.05, 0.1) is 0 Å². The summed E-state index contributed by atoms with van der Waals surface area (Å²) in [5, 5.41) is 13.6. The quantitative estimate of drug-likeness (QED) is 0.866. The molecule has 0 amide bonds.